The van der Waals surface area contributed by atoms with Crippen LogP contribution in [-0.2, 0) is 71.6 Å². The lowest BCUT2D eigenvalue weighted by molar-refractivity contribution is -0.147. The highest BCUT2D eigenvalue weighted by atomic mass is 16.6. The summed E-state index contributed by atoms with van der Waals surface area (Å²) < 4.78 is 32.8. The molecule has 3 aliphatic rings. The number of alkyl carbamates (subject to hydrolysis) is 3. The van der Waals surface area contributed by atoms with Crippen LogP contribution < -0.4 is 82.3 Å². The molecule has 0 spiro atoms. The van der Waals surface area contributed by atoms with Crippen LogP contribution in [0.4, 0.5) is 14.4 Å². The molecule has 3 aliphatic heterocycles. The first-order valence-electron chi connectivity index (χ1n) is 34.6. The molecule has 0 saturated carbocycles. The van der Waals surface area contributed by atoms with Crippen LogP contribution in [0, 0.1) is 5.92 Å². The second kappa shape index (κ2) is 47.7. The number of aliphatic carboxylic acids is 3. The number of unbranched alkanes of at least 4 members (excludes halogenated alkanes) is 9. The number of hydrogen-bond acceptors (Lipinski definition) is 27. The number of aliphatic hydroxyl groups excluding tert-OH is 6. The Morgan fingerprint density at radius 1 is 0.398 bits per heavy atom. The molecule has 30 N–H and O–H groups in total. The third kappa shape index (κ3) is 32.9. The Bertz CT molecular complexity index is 3080. The van der Waals surface area contributed by atoms with Crippen LogP contribution in [0.3, 0.4) is 0 Å². The van der Waals surface area contributed by atoms with Crippen molar-refractivity contribution in [1.29, 1.82) is 0 Å². The van der Waals surface area contributed by atoms with Gasteiger partial charge in [-0.3, -0.25) is 28.8 Å². The molecule has 3 rings (SSSR count). The van der Waals surface area contributed by atoms with Gasteiger partial charge in [0.2, 0.25) is 52.7 Å². The Hall–Kier alpha value is -10.8. The van der Waals surface area contributed by atoms with Gasteiger partial charge in [-0.05, 0) is 56.8 Å². The summed E-state index contributed by atoms with van der Waals surface area (Å²) in [5.74, 6) is -13.2. The molecule has 3 heterocycles. The van der Waals surface area contributed by atoms with E-state index in [1.807, 2.05) is 0 Å². The van der Waals surface area contributed by atoms with Crippen LogP contribution in [0.1, 0.15) is 111 Å². The molecule has 0 saturated heterocycles. The molecular formula is C63H104N18O27. The van der Waals surface area contributed by atoms with Crippen molar-refractivity contribution in [3.8, 4) is 0 Å². The number of carbonyl (C=O) groups excluding carboxylic acids is 9. The van der Waals surface area contributed by atoms with E-state index >= 15 is 0 Å². The highest BCUT2D eigenvalue weighted by Crippen LogP contribution is 2.30. The molecule has 0 unspecified atom stereocenters. The minimum atomic E-state index is -1.86. The summed E-state index contributed by atoms with van der Waals surface area (Å²) in [4.78, 5) is 164. The van der Waals surface area contributed by atoms with Gasteiger partial charge in [-0.2, -0.15) is 0 Å². The number of rotatable bonds is 47. The molecule has 0 aromatic heterocycles. The van der Waals surface area contributed by atoms with Crippen molar-refractivity contribution in [2.24, 2.45) is 55.3 Å². The number of aliphatic hydroxyl groups is 6. The highest BCUT2D eigenvalue weighted by molar-refractivity contribution is 5.90. The lowest BCUT2D eigenvalue weighted by Crippen LogP contribution is -2.61. The van der Waals surface area contributed by atoms with Crippen LogP contribution in [-0.4, -0.2) is 286 Å². The maximum absolute atomic E-state index is 13.7. The Kier molecular flexibility index (Phi) is 40.4. The van der Waals surface area contributed by atoms with Gasteiger partial charge in [-0.15, -0.1) is 0 Å². The number of nitrogens with zero attached hydrogens (tertiary/aromatic N) is 3. The summed E-state index contributed by atoms with van der Waals surface area (Å²) in [6.07, 6.45) is -11.6. The maximum atomic E-state index is 13.7. The molecule has 0 aromatic rings. The Balaban J connectivity index is 1.59. The zero-order chi connectivity index (χ0) is 80.7. The Morgan fingerprint density at radius 3 is 0.861 bits per heavy atom. The number of amides is 9. The van der Waals surface area contributed by atoms with Crippen molar-refractivity contribution >= 4 is 89.5 Å². The molecule has 0 radical (unpaired) electrons. The van der Waals surface area contributed by atoms with Gasteiger partial charge in [0.25, 0.3) is 0 Å². The van der Waals surface area contributed by atoms with Gasteiger partial charge in [-0.25, -0.2) is 43.7 Å². The van der Waals surface area contributed by atoms with Crippen LogP contribution in [0.15, 0.2) is 50.5 Å². The van der Waals surface area contributed by atoms with E-state index in [0.717, 1.165) is 39.0 Å². The predicted molar refractivity (Wildman–Crippen MR) is 375 cm³/mol. The second-order valence-corrected chi connectivity index (χ2v) is 25.0. The molecular weight excluding hydrogens is 1440 g/mol. The number of nitrogens with one attached hydrogen (secondary N) is 9. The van der Waals surface area contributed by atoms with Crippen molar-refractivity contribution in [3.63, 3.8) is 0 Å². The largest absolute Gasteiger partial charge is 0.477 e. The van der Waals surface area contributed by atoms with Gasteiger partial charge in [0.1, 0.15) is 18.3 Å². The topological polar surface area (TPSA) is 744 Å². The van der Waals surface area contributed by atoms with E-state index in [2.05, 4.69) is 62.8 Å². The molecule has 45 nitrogen and oxygen atoms in total. The minimum Gasteiger partial charge on any atom is -0.477 e. The molecule has 15 atom stereocenters. The van der Waals surface area contributed by atoms with E-state index in [4.69, 9.17) is 62.8 Å². The SMILES string of the molecule is CC(=O)N[C@H]1[C@H]([C@H](OC(=O)NCCCCCCNC(=O)CC(CC(=O)NCCCCCCNC(=O)O[C@@H]([C@@H]2OC(C(=O)O)=C[C@H](N=C(N)N)[C@H]2NC(C)=O)[C@H](O)CO)C(=O)NCCCCCCNC(=O)O[C@@H]([C@@H]2OC(C(=O)O)=C[C@H](N=C(N)N)[C@H]2NC(C)=O)[C@H](O)CO)[C@H](O)CO)OC(C(=O)O)=C[C@@H]1N=C(N)N. The van der Waals surface area contributed by atoms with Crippen LogP contribution in [0.5, 0.6) is 0 Å². The van der Waals surface area contributed by atoms with Crippen molar-refractivity contribution < 1.29 is 132 Å². The summed E-state index contributed by atoms with van der Waals surface area (Å²) in [5, 5.41) is 114. The standard InChI is InChI=1S/C63H104N18O27/c1-30(85)76-45-34(79-58(64)65)24-40(55(94)95)103-51(45)48(37(88)27-82)106-61(100)73-19-13-7-4-10-16-70-43(91)22-33(54(93)72-18-12-6-9-15-21-75-63(102)108-50(39(90)29-84)53-47(78-32(3)87)36(81-60(68)69)26-42(105-53)57(98)99)23-44(92)71-17-11-5-8-14-20-74-62(101)107-49(38(89)28-83)52-46(77-31(2)86)35(80-59(66)67)25-41(104-52)56(96)97/h24-26,33-39,45-53,82-84,88-90H,4-23,27-29H2,1-3H3,(H,70,91)(H,71,92)(H,72,93)(H,73,100)(H,74,101)(H,75,102)(H,76,85)(H,77,86)(H,78,87)(H,94,95)(H,96,97)(H,98,99)(H4,64,65,79)(H4,66,67,80)(H4,68,69,81)/t34-,35-,36-,37+,38+,39+,45+,46+,47+,48+,49+,50+,51+,52+,53+/m0/s1. The number of guanidine groups is 3. The third-order valence-electron chi connectivity index (χ3n) is 16.3. The summed E-state index contributed by atoms with van der Waals surface area (Å²) >= 11 is 0. The second-order valence-electron chi connectivity index (χ2n) is 25.0. The van der Waals surface area contributed by atoms with Crippen molar-refractivity contribution in [2.45, 2.75) is 202 Å². The molecule has 45 heteroatoms. The zero-order valence-electron chi connectivity index (χ0n) is 59.9. The normalized spacial score (nSPS) is 21.2. The number of nitrogens with two attached hydrogens (primary N) is 6. The summed E-state index contributed by atoms with van der Waals surface area (Å²) in [6.45, 7) is 0.845. The molecule has 108 heavy (non-hydrogen) atoms. The molecule has 0 aromatic carbocycles. The first-order valence-corrected chi connectivity index (χ1v) is 34.6. The summed E-state index contributed by atoms with van der Waals surface area (Å²) in [5.41, 5.74) is 33.3. The third-order valence-corrected chi connectivity index (χ3v) is 16.3. The van der Waals surface area contributed by atoms with Gasteiger partial charge in [0.05, 0.1) is 62.0 Å². The van der Waals surface area contributed by atoms with Gasteiger partial charge in [0.15, 0.2) is 54.5 Å². The molecule has 0 aliphatic carbocycles. The number of aliphatic imine (C=N–C) groups is 3. The van der Waals surface area contributed by atoms with Gasteiger partial charge >= 0.3 is 36.2 Å². The van der Waals surface area contributed by atoms with Crippen LogP contribution in [0.25, 0.3) is 0 Å². The van der Waals surface area contributed by atoms with Gasteiger partial charge in [0, 0.05) is 72.9 Å². The van der Waals surface area contributed by atoms with E-state index in [9.17, 15) is 103 Å². The maximum Gasteiger partial charge on any atom is 0.407 e. The number of hydrogen-bond donors (Lipinski definition) is 24. The predicted octanol–water partition coefficient (Wildman–Crippen LogP) is -7.70. The van der Waals surface area contributed by atoms with Crippen LogP contribution in [0.2, 0.25) is 0 Å². The van der Waals surface area contributed by atoms with E-state index in [1.54, 1.807) is 0 Å². The van der Waals surface area contributed by atoms with E-state index in [0.29, 0.717) is 77.0 Å². The molecule has 9 amide bonds. The van der Waals surface area contributed by atoms with Crippen molar-refractivity contribution in [3.05, 3.63) is 35.5 Å². The minimum absolute atomic E-state index is 0.00774. The fourth-order valence-electron chi connectivity index (χ4n) is 11.3. The number of carbonyl (C=O) groups is 12. The molecule has 0 bridgehead atoms. The lowest BCUT2D eigenvalue weighted by Gasteiger charge is -2.39. The fraction of sp³-hybridized carbons (Fsp3) is 0.667. The quantitative estimate of drug-likeness (QED) is 0.0116. The molecule has 608 valence electrons. The Labute approximate surface area is 619 Å². The summed E-state index contributed by atoms with van der Waals surface area (Å²) in [7, 11) is 0. The number of carboxylic acids is 3. The van der Waals surface area contributed by atoms with E-state index < -0.39 is 237 Å². The number of carboxylic acid groups (broad SMARTS) is 3. The van der Waals surface area contributed by atoms with Gasteiger partial charge in [-0.1, -0.05) is 38.5 Å². The number of ether oxygens (including phenoxy) is 6. The zero-order valence-corrected chi connectivity index (χ0v) is 59.9. The van der Waals surface area contributed by atoms with Crippen LogP contribution >= 0.6 is 0 Å². The monoisotopic (exact) mass is 1540 g/mol. The van der Waals surface area contributed by atoms with E-state index in [-0.39, 0.29) is 39.3 Å². The van der Waals surface area contributed by atoms with Crippen molar-refractivity contribution in [1.82, 2.24) is 47.9 Å². The van der Waals surface area contributed by atoms with E-state index in [1.165, 1.54) is 0 Å². The first kappa shape index (κ1) is 91.4. The highest BCUT2D eigenvalue weighted by Gasteiger charge is 2.50. The lowest BCUT2D eigenvalue weighted by atomic mass is 9.92. The first-order chi connectivity index (χ1) is 51.1. The van der Waals surface area contributed by atoms with Gasteiger partial charge < -0.3 is 157 Å². The Morgan fingerprint density at radius 2 is 0.639 bits per heavy atom. The summed E-state index contributed by atoms with van der Waals surface area (Å²) in [6, 6.07) is -7.72. The fourth-order valence-corrected chi connectivity index (χ4v) is 11.3. The van der Waals surface area contributed by atoms with Crippen molar-refractivity contribution in [2.75, 3.05) is 59.1 Å². The molecule has 0 fully saturated rings. The average Bonchev–Trinajstić information content (AvgIpc) is 0.803. The smallest absolute Gasteiger partial charge is 0.407 e. The average molecular weight is 1550 g/mol.